The van der Waals surface area contributed by atoms with Gasteiger partial charge in [0.05, 0.1) is 11.8 Å². The molecule has 2 saturated carbocycles. The first-order chi connectivity index (χ1) is 18.6. The van der Waals surface area contributed by atoms with Crippen molar-refractivity contribution in [2.75, 3.05) is 18.0 Å². The van der Waals surface area contributed by atoms with Crippen LogP contribution in [-0.2, 0) is 16.0 Å². The first-order valence-corrected chi connectivity index (χ1v) is 14.7. The molecule has 2 amide bonds. The van der Waals surface area contributed by atoms with E-state index in [1.165, 1.54) is 12.6 Å². The highest BCUT2D eigenvalue weighted by Crippen LogP contribution is 2.44. The number of carbonyl (C=O) groups is 2. The van der Waals surface area contributed by atoms with Crippen molar-refractivity contribution in [2.45, 2.75) is 109 Å². The van der Waals surface area contributed by atoms with Crippen LogP contribution in [0.25, 0.3) is 5.57 Å². The van der Waals surface area contributed by atoms with E-state index in [1.807, 2.05) is 37.9 Å². The van der Waals surface area contributed by atoms with Gasteiger partial charge in [-0.1, -0.05) is 0 Å². The summed E-state index contributed by atoms with van der Waals surface area (Å²) in [5, 5.41) is 11.8. The molecule has 2 heterocycles. The van der Waals surface area contributed by atoms with Crippen molar-refractivity contribution < 1.29 is 19.1 Å². The van der Waals surface area contributed by atoms with Gasteiger partial charge in [0.1, 0.15) is 11.4 Å². The summed E-state index contributed by atoms with van der Waals surface area (Å²) in [4.78, 5) is 29.4. The van der Waals surface area contributed by atoms with Gasteiger partial charge in [0, 0.05) is 60.2 Å². The van der Waals surface area contributed by atoms with Crippen LogP contribution in [0.2, 0.25) is 0 Å². The fraction of sp³-hybridized carbons (Fsp3) is 0.645. The van der Waals surface area contributed by atoms with Gasteiger partial charge < -0.3 is 30.0 Å². The summed E-state index contributed by atoms with van der Waals surface area (Å²) in [6.07, 6.45) is 11.9. The number of anilines is 1. The van der Waals surface area contributed by atoms with Crippen LogP contribution >= 0.6 is 0 Å². The molecular weight excluding hydrogens is 492 g/mol. The number of hydrogen-bond donors (Lipinski definition) is 2. The van der Waals surface area contributed by atoms with E-state index in [9.17, 15) is 9.59 Å². The Morgan fingerprint density at radius 3 is 2.36 bits per heavy atom. The SMILES string of the molecule is C[C@H]1CCc2c(ccc(/C(C=N)=C/NC3CCN(C(=O)OC(C)(C)C)CC3)c2OC2CCC2)N1C(=O)C1CC1. The van der Waals surface area contributed by atoms with Crippen molar-refractivity contribution in [3.05, 3.63) is 29.5 Å². The van der Waals surface area contributed by atoms with Crippen LogP contribution in [0.3, 0.4) is 0 Å². The molecule has 1 saturated heterocycles. The molecular formula is C31H44N4O4. The standard InChI is InChI=1S/C31H44N4O4/c1-20-8-11-26-27(35(20)29(36)21-9-10-21)13-12-25(28(26)38-24-6-5-7-24)22(18-32)19-33-23-14-16-34(17-15-23)30(37)39-31(2,3)4/h12-13,18-21,23-24,32-33H,5-11,14-17H2,1-4H3/b22-19+,32-18?/t20-/m0/s1. The minimum Gasteiger partial charge on any atom is -0.489 e. The lowest BCUT2D eigenvalue weighted by Gasteiger charge is -2.38. The first-order valence-electron chi connectivity index (χ1n) is 14.7. The lowest BCUT2D eigenvalue weighted by Crippen LogP contribution is -2.45. The van der Waals surface area contributed by atoms with Gasteiger partial charge in [0.15, 0.2) is 0 Å². The second-order valence-electron chi connectivity index (χ2n) is 12.6. The predicted octanol–water partition coefficient (Wildman–Crippen LogP) is 5.68. The van der Waals surface area contributed by atoms with Gasteiger partial charge in [-0.3, -0.25) is 4.79 Å². The summed E-state index contributed by atoms with van der Waals surface area (Å²) < 4.78 is 12.1. The number of piperidine rings is 1. The number of carbonyl (C=O) groups excluding carboxylic acids is 2. The number of fused-ring (bicyclic) bond motifs is 1. The monoisotopic (exact) mass is 536 g/mol. The molecule has 0 radical (unpaired) electrons. The van der Waals surface area contributed by atoms with Crippen LogP contribution in [0.15, 0.2) is 18.3 Å². The molecule has 1 atom stereocenters. The van der Waals surface area contributed by atoms with Crippen molar-refractivity contribution in [3.63, 3.8) is 0 Å². The Morgan fingerprint density at radius 2 is 1.77 bits per heavy atom. The number of amides is 2. The largest absolute Gasteiger partial charge is 0.489 e. The quantitative estimate of drug-likeness (QED) is 0.438. The molecule has 39 heavy (non-hydrogen) atoms. The van der Waals surface area contributed by atoms with Gasteiger partial charge in [0.2, 0.25) is 5.91 Å². The predicted molar refractivity (Wildman–Crippen MR) is 153 cm³/mol. The topological polar surface area (TPSA) is 95.0 Å². The van der Waals surface area contributed by atoms with Crippen LogP contribution in [0.5, 0.6) is 5.75 Å². The summed E-state index contributed by atoms with van der Waals surface area (Å²) in [5.41, 5.74) is 3.26. The van der Waals surface area contributed by atoms with Crippen LogP contribution in [0.1, 0.15) is 90.2 Å². The summed E-state index contributed by atoms with van der Waals surface area (Å²) >= 11 is 0. The summed E-state index contributed by atoms with van der Waals surface area (Å²) in [6.45, 7) is 9.07. The second kappa shape index (κ2) is 11.2. The number of benzene rings is 1. The van der Waals surface area contributed by atoms with Gasteiger partial charge in [-0.05, 0) is 97.6 Å². The summed E-state index contributed by atoms with van der Waals surface area (Å²) in [5.74, 6) is 1.25. The minimum absolute atomic E-state index is 0.164. The van der Waals surface area contributed by atoms with Gasteiger partial charge in [0.25, 0.3) is 0 Å². The van der Waals surface area contributed by atoms with Crippen LogP contribution in [-0.4, -0.2) is 60.0 Å². The third-order valence-corrected chi connectivity index (χ3v) is 8.34. The molecule has 0 spiro atoms. The molecule has 2 N–H and O–H groups in total. The van der Waals surface area contributed by atoms with E-state index in [-0.39, 0.29) is 36.1 Å². The van der Waals surface area contributed by atoms with Gasteiger partial charge in [-0.25, -0.2) is 4.79 Å². The number of rotatable bonds is 7. The minimum atomic E-state index is -0.498. The van der Waals surface area contributed by atoms with E-state index in [0.717, 1.165) is 79.5 Å². The normalized spacial score (nSPS) is 22.6. The molecule has 4 aliphatic rings. The smallest absolute Gasteiger partial charge is 0.410 e. The fourth-order valence-corrected chi connectivity index (χ4v) is 5.64. The van der Waals surface area contributed by atoms with Crippen molar-refractivity contribution in [2.24, 2.45) is 5.92 Å². The van der Waals surface area contributed by atoms with E-state index in [0.29, 0.717) is 13.1 Å². The molecule has 0 unspecified atom stereocenters. The Balaban J connectivity index is 1.34. The molecule has 212 valence electrons. The van der Waals surface area contributed by atoms with E-state index in [4.69, 9.17) is 14.9 Å². The van der Waals surface area contributed by atoms with Crippen LogP contribution in [0.4, 0.5) is 10.5 Å². The molecule has 1 aromatic carbocycles. The van der Waals surface area contributed by atoms with E-state index in [2.05, 4.69) is 18.3 Å². The van der Waals surface area contributed by atoms with E-state index in [1.54, 1.807) is 4.90 Å². The Labute approximate surface area is 232 Å². The number of likely N-dealkylation sites (tertiary alicyclic amines) is 1. The number of nitrogens with zero attached hydrogens (tertiary/aromatic N) is 2. The Morgan fingerprint density at radius 1 is 1.05 bits per heavy atom. The molecule has 3 fully saturated rings. The Hall–Kier alpha value is -3.03. The first kappa shape index (κ1) is 27.5. The molecule has 2 aliphatic heterocycles. The zero-order valence-corrected chi connectivity index (χ0v) is 23.9. The van der Waals surface area contributed by atoms with Gasteiger partial charge >= 0.3 is 6.09 Å². The number of nitrogens with one attached hydrogen (secondary N) is 2. The molecule has 1 aromatic rings. The third-order valence-electron chi connectivity index (χ3n) is 8.34. The highest BCUT2D eigenvalue weighted by molar-refractivity contribution is 6.10. The molecule has 0 aromatic heterocycles. The van der Waals surface area contributed by atoms with Crippen molar-refractivity contribution >= 4 is 29.5 Å². The maximum Gasteiger partial charge on any atom is 0.410 e. The summed E-state index contributed by atoms with van der Waals surface area (Å²) in [7, 11) is 0. The number of allylic oxidation sites excluding steroid dienone is 1. The molecule has 8 nitrogen and oxygen atoms in total. The number of hydrogen-bond acceptors (Lipinski definition) is 6. The highest BCUT2D eigenvalue weighted by Gasteiger charge is 2.39. The van der Waals surface area contributed by atoms with Gasteiger partial charge in [-0.15, -0.1) is 0 Å². The maximum atomic E-state index is 13.2. The van der Waals surface area contributed by atoms with E-state index < -0.39 is 5.60 Å². The third kappa shape index (κ3) is 6.25. The van der Waals surface area contributed by atoms with Crippen LogP contribution in [0, 0.1) is 11.3 Å². The Bertz CT molecular complexity index is 1120. The van der Waals surface area contributed by atoms with E-state index >= 15 is 0 Å². The maximum absolute atomic E-state index is 13.2. The zero-order valence-electron chi connectivity index (χ0n) is 23.9. The van der Waals surface area contributed by atoms with Crippen LogP contribution < -0.4 is 15.0 Å². The van der Waals surface area contributed by atoms with Crippen molar-refractivity contribution in [3.8, 4) is 5.75 Å². The average Bonchev–Trinajstić information content (AvgIpc) is 3.71. The zero-order chi connectivity index (χ0) is 27.7. The van der Waals surface area contributed by atoms with Crippen molar-refractivity contribution in [1.82, 2.24) is 10.2 Å². The molecule has 2 aliphatic carbocycles. The molecule has 5 rings (SSSR count). The fourth-order valence-electron chi connectivity index (χ4n) is 5.64. The second-order valence-corrected chi connectivity index (χ2v) is 12.6. The van der Waals surface area contributed by atoms with Crippen molar-refractivity contribution in [1.29, 1.82) is 5.41 Å². The van der Waals surface area contributed by atoms with Gasteiger partial charge in [-0.2, -0.15) is 0 Å². The summed E-state index contributed by atoms with van der Waals surface area (Å²) in [6, 6.07) is 4.48. The highest BCUT2D eigenvalue weighted by atomic mass is 16.6. The lowest BCUT2D eigenvalue weighted by molar-refractivity contribution is -0.120. The molecule has 8 heteroatoms. The number of ether oxygens (including phenoxy) is 2. The molecule has 0 bridgehead atoms. The lowest BCUT2D eigenvalue weighted by atomic mass is 9.90. The average molecular weight is 537 g/mol. The Kier molecular flexibility index (Phi) is 7.92.